The second-order valence-electron chi connectivity index (χ2n) is 7.40. The van der Waals surface area contributed by atoms with Crippen molar-refractivity contribution in [2.75, 3.05) is 20.6 Å². The first-order valence-corrected chi connectivity index (χ1v) is 10.0. The Morgan fingerprint density at radius 2 is 2.11 bits per heavy atom. The van der Waals surface area contributed by atoms with Crippen molar-refractivity contribution >= 4 is 28.3 Å². The molecule has 27 heavy (non-hydrogen) atoms. The Hall–Kier alpha value is -2.25. The second-order valence-corrected chi connectivity index (χ2v) is 8.18. The highest BCUT2D eigenvalue weighted by Crippen LogP contribution is 2.25. The van der Waals surface area contributed by atoms with Gasteiger partial charge in [0.2, 0.25) is 0 Å². The molecule has 0 spiro atoms. The van der Waals surface area contributed by atoms with Crippen molar-refractivity contribution in [1.82, 2.24) is 25.0 Å². The summed E-state index contributed by atoms with van der Waals surface area (Å²) in [7, 11) is 5.93. The van der Waals surface area contributed by atoms with E-state index in [4.69, 9.17) is 4.98 Å². The van der Waals surface area contributed by atoms with Gasteiger partial charge in [-0.3, -0.25) is 9.48 Å². The van der Waals surface area contributed by atoms with Crippen LogP contribution in [0.25, 0.3) is 11.0 Å². The molecule has 0 fully saturated rings. The average Bonchev–Trinajstić information content (AvgIpc) is 3.23. The number of amides is 1. The third-order valence-electron chi connectivity index (χ3n) is 4.83. The zero-order valence-electron chi connectivity index (χ0n) is 16.8. The molecule has 0 aliphatic heterocycles. The number of hydrogen-bond acceptors (Lipinski definition) is 5. The Morgan fingerprint density at radius 1 is 1.37 bits per heavy atom. The van der Waals surface area contributed by atoms with E-state index in [0.29, 0.717) is 12.1 Å². The second kappa shape index (κ2) is 7.78. The molecule has 1 amide bonds. The van der Waals surface area contributed by atoms with Gasteiger partial charge in [-0.15, -0.1) is 0 Å². The van der Waals surface area contributed by atoms with Crippen LogP contribution in [0.5, 0.6) is 0 Å². The van der Waals surface area contributed by atoms with Gasteiger partial charge < -0.3 is 10.2 Å². The highest BCUT2D eigenvalue weighted by Gasteiger charge is 2.21. The Morgan fingerprint density at radius 3 is 2.70 bits per heavy atom. The number of fused-ring (bicyclic) bond motifs is 1. The summed E-state index contributed by atoms with van der Waals surface area (Å²) < 4.78 is 1.75. The minimum atomic E-state index is -0.0810. The number of hydrogen-bond donors (Lipinski definition) is 1. The summed E-state index contributed by atoms with van der Waals surface area (Å²) in [5, 5.41) is 12.6. The monoisotopic (exact) mass is 385 g/mol. The molecule has 7 heteroatoms. The van der Waals surface area contributed by atoms with Crippen LogP contribution >= 0.6 is 11.3 Å². The summed E-state index contributed by atoms with van der Waals surface area (Å²) in [5.41, 5.74) is 4.34. The van der Waals surface area contributed by atoms with Crippen LogP contribution in [0.2, 0.25) is 0 Å². The van der Waals surface area contributed by atoms with E-state index in [9.17, 15) is 4.79 Å². The molecule has 0 aliphatic carbocycles. The maximum atomic E-state index is 13.1. The van der Waals surface area contributed by atoms with E-state index >= 15 is 0 Å². The first kappa shape index (κ1) is 19.5. The van der Waals surface area contributed by atoms with Crippen molar-refractivity contribution in [1.29, 1.82) is 0 Å². The number of carbonyl (C=O) groups is 1. The molecular formula is C20H27N5OS. The smallest absolute Gasteiger partial charge is 0.252 e. The number of likely N-dealkylation sites (N-methyl/N-ethyl adjacent to an activating group) is 1. The van der Waals surface area contributed by atoms with Gasteiger partial charge in [0.05, 0.1) is 22.7 Å². The van der Waals surface area contributed by atoms with Gasteiger partial charge in [0.25, 0.3) is 5.91 Å². The SMILES string of the molecule is Cc1nn(C)c2nc(C(C)C)cc(C(=O)NC[C@@H](c3ccsc3)N(C)C)c12. The predicted molar refractivity (Wildman–Crippen MR) is 110 cm³/mol. The fraction of sp³-hybridized carbons (Fsp3) is 0.450. The summed E-state index contributed by atoms with van der Waals surface area (Å²) >= 11 is 1.67. The lowest BCUT2D eigenvalue weighted by atomic mass is 10.0. The number of rotatable bonds is 6. The third kappa shape index (κ3) is 3.89. The highest BCUT2D eigenvalue weighted by molar-refractivity contribution is 7.07. The van der Waals surface area contributed by atoms with Crippen molar-refractivity contribution in [2.24, 2.45) is 7.05 Å². The summed E-state index contributed by atoms with van der Waals surface area (Å²) in [6, 6.07) is 4.15. The first-order chi connectivity index (χ1) is 12.8. The molecule has 1 atom stereocenters. The number of aromatic nitrogens is 3. The van der Waals surface area contributed by atoms with Crippen molar-refractivity contribution < 1.29 is 4.79 Å². The van der Waals surface area contributed by atoms with Crippen molar-refractivity contribution in [3.8, 4) is 0 Å². The lowest BCUT2D eigenvalue weighted by Gasteiger charge is -2.24. The zero-order chi connectivity index (χ0) is 19.7. The minimum absolute atomic E-state index is 0.0810. The fourth-order valence-corrected chi connectivity index (χ4v) is 3.99. The van der Waals surface area contributed by atoms with E-state index in [2.05, 4.69) is 46.0 Å². The number of nitrogens with one attached hydrogen (secondary N) is 1. The molecule has 3 heterocycles. The molecule has 0 radical (unpaired) electrons. The van der Waals surface area contributed by atoms with Crippen LogP contribution in [0.4, 0.5) is 0 Å². The highest BCUT2D eigenvalue weighted by atomic mass is 32.1. The molecule has 3 aromatic rings. The molecule has 144 valence electrons. The van der Waals surface area contributed by atoms with Gasteiger partial charge in [0, 0.05) is 19.3 Å². The molecule has 0 saturated carbocycles. The Balaban J connectivity index is 1.93. The topological polar surface area (TPSA) is 63.1 Å². The standard InChI is InChI=1S/C20H27N5OS/c1-12(2)16-9-15(18-13(3)23-25(6)19(18)22-16)20(26)21-10-17(24(4)5)14-7-8-27-11-14/h7-9,11-12,17H,10H2,1-6H3,(H,21,26)/t17-/m0/s1. The lowest BCUT2D eigenvalue weighted by molar-refractivity contribution is 0.0943. The summed E-state index contributed by atoms with van der Waals surface area (Å²) in [6.45, 7) is 6.63. The van der Waals surface area contributed by atoms with E-state index in [0.717, 1.165) is 22.4 Å². The molecule has 0 saturated heterocycles. The molecule has 6 nitrogen and oxygen atoms in total. The van der Waals surface area contributed by atoms with Gasteiger partial charge >= 0.3 is 0 Å². The number of carbonyl (C=O) groups excluding carboxylic acids is 1. The normalized spacial score (nSPS) is 12.9. The van der Waals surface area contributed by atoms with E-state index in [1.165, 1.54) is 5.56 Å². The van der Waals surface area contributed by atoms with Gasteiger partial charge in [-0.2, -0.15) is 16.4 Å². The largest absolute Gasteiger partial charge is 0.350 e. The molecule has 0 aliphatic rings. The van der Waals surface area contributed by atoms with Crippen LogP contribution in [0.3, 0.4) is 0 Å². The van der Waals surface area contributed by atoms with Crippen LogP contribution in [0.15, 0.2) is 22.9 Å². The number of thiophene rings is 1. The quantitative estimate of drug-likeness (QED) is 0.705. The summed E-state index contributed by atoms with van der Waals surface area (Å²) in [4.78, 5) is 19.9. The molecule has 1 N–H and O–H groups in total. The summed E-state index contributed by atoms with van der Waals surface area (Å²) in [5.74, 6) is 0.152. The minimum Gasteiger partial charge on any atom is -0.350 e. The maximum Gasteiger partial charge on any atom is 0.252 e. The molecule has 3 rings (SSSR count). The molecular weight excluding hydrogens is 358 g/mol. The number of pyridine rings is 1. The molecule has 0 aromatic carbocycles. The average molecular weight is 386 g/mol. The first-order valence-electron chi connectivity index (χ1n) is 9.10. The third-order valence-corrected chi connectivity index (χ3v) is 5.53. The molecule has 3 aromatic heterocycles. The summed E-state index contributed by atoms with van der Waals surface area (Å²) in [6.07, 6.45) is 0. The van der Waals surface area contributed by atoms with Crippen molar-refractivity contribution in [3.05, 3.63) is 45.4 Å². The van der Waals surface area contributed by atoms with Crippen LogP contribution < -0.4 is 5.32 Å². The van der Waals surface area contributed by atoms with Gasteiger partial charge in [-0.1, -0.05) is 13.8 Å². The van der Waals surface area contributed by atoms with Crippen molar-refractivity contribution in [2.45, 2.75) is 32.7 Å². The van der Waals surface area contributed by atoms with E-state index in [1.807, 2.05) is 34.1 Å². The Labute approximate surface area is 164 Å². The van der Waals surface area contributed by atoms with E-state index in [1.54, 1.807) is 16.0 Å². The fourth-order valence-electron chi connectivity index (χ4n) is 3.29. The lowest BCUT2D eigenvalue weighted by Crippen LogP contribution is -2.34. The van der Waals surface area contributed by atoms with Crippen molar-refractivity contribution in [3.63, 3.8) is 0 Å². The predicted octanol–water partition coefficient (Wildman–Crippen LogP) is 3.49. The zero-order valence-corrected chi connectivity index (χ0v) is 17.6. The van der Waals surface area contributed by atoms with Gasteiger partial charge in [0.15, 0.2) is 5.65 Å². The van der Waals surface area contributed by atoms with Crippen LogP contribution in [0.1, 0.15) is 53.1 Å². The molecule has 0 unspecified atom stereocenters. The maximum absolute atomic E-state index is 13.1. The number of nitrogens with zero attached hydrogens (tertiary/aromatic N) is 4. The van der Waals surface area contributed by atoms with Crippen LogP contribution in [-0.2, 0) is 7.05 Å². The van der Waals surface area contributed by atoms with Crippen LogP contribution in [-0.4, -0.2) is 46.2 Å². The Kier molecular flexibility index (Phi) is 5.62. The number of aryl methyl sites for hydroxylation is 2. The van der Waals surface area contributed by atoms with Crippen LogP contribution in [0, 0.1) is 6.92 Å². The Bertz CT molecular complexity index is 943. The van der Waals surface area contributed by atoms with E-state index in [-0.39, 0.29) is 17.9 Å². The van der Waals surface area contributed by atoms with Gasteiger partial charge in [-0.05, 0) is 55.4 Å². The molecule has 0 bridgehead atoms. The van der Waals surface area contributed by atoms with Gasteiger partial charge in [0.1, 0.15) is 0 Å². The van der Waals surface area contributed by atoms with Gasteiger partial charge in [-0.25, -0.2) is 4.98 Å². The van der Waals surface area contributed by atoms with E-state index < -0.39 is 0 Å².